The Kier molecular flexibility index (Phi) is 4.29. The number of benzene rings is 3. The van der Waals surface area contributed by atoms with Gasteiger partial charge in [0.15, 0.2) is 0 Å². The molecule has 0 atom stereocenters. The van der Waals surface area contributed by atoms with Crippen LogP contribution < -0.4 is 5.73 Å². The summed E-state index contributed by atoms with van der Waals surface area (Å²) in [5.74, 6) is 0. The first kappa shape index (κ1) is 15.9. The summed E-state index contributed by atoms with van der Waals surface area (Å²) in [6, 6.07) is 21.9. The van der Waals surface area contributed by atoms with Crippen molar-refractivity contribution >= 4 is 21.7 Å². The number of rotatable bonds is 5. The Hall–Kier alpha value is -2.58. The van der Waals surface area contributed by atoms with E-state index in [1.165, 1.54) is 44.1 Å². The number of aromatic amines is 1. The van der Waals surface area contributed by atoms with Crippen molar-refractivity contribution in [3.05, 3.63) is 71.8 Å². The van der Waals surface area contributed by atoms with E-state index < -0.39 is 0 Å². The highest BCUT2D eigenvalue weighted by Gasteiger charge is 2.15. The Bertz CT molecular complexity index is 1020. The molecule has 2 heteroatoms. The van der Waals surface area contributed by atoms with Gasteiger partial charge in [0.25, 0.3) is 0 Å². The van der Waals surface area contributed by atoms with E-state index in [4.69, 9.17) is 5.73 Å². The standard InChI is InChI=1S/C23H24N2/c1-16-12-13-22-21(15-16)20(10-4-5-14-24)23(25-22)19-11-6-8-17-7-2-3-9-18(17)19/h2-3,6-9,11-13,15,25H,4-5,10,14,24H2,1H3. The average Bonchev–Trinajstić information content (AvgIpc) is 2.99. The molecule has 126 valence electrons. The van der Waals surface area contributed by atoms with Crippen LogP contribution in [0, 0.1) is 6.92 Å². The van der Waals surface area contributed by atoms with Crippen LogP contribution in [0.5, 0.6) is 0 Å². The minimum atomic E-state index is 0.755. The quantitative estimate of drug-likeness (QED) is 0.461. The first-order chi connectivity index (χ1) is 12.3. The van der Waals surface area contributed by atoms with E-state index in [-0.39, 0.29) is 0 Å². The number of nitrogens with two attached hydrogens (primary N) is 1. The number of unbranched alkanes of at least 4 members (excludes halogenated alkanes) is 1. The Morgan fingerprint density at radius 1 is 0.880 bits per heavy atom. The fourth-order valence-electron chi connectivity index (χ4n) is 3.74. The molecular formula is C23H24N2. The Balaban J connectivity index is 1.94. The molecule has 0 aliphatic rings. The molecule has 0 bridgehead atoms. The number of fused-ring (bicyclic) bond motifs is 2. The van der Waals surface area contributed by atoms with Gasteiger partial charge in [0.1, 0.15) is 0 Å². The van der Waals surface area contributed by atoms with Crippen LogP contribution in [-0.2, 0) is 6.42 Å². The van der Waals surface area contributed by atoms with E-state index in [0.717, 1.165) is 25.8 Å². The largest absolute Gasteiger partial charge is 0.354 e. The zero-order valence-electron chi connectivity index (χ0n) is 14.7. The van der Waals surface area contributed by atoms with Gasteiger partial charge in [0.2, 0.25) is 0 Å². The van der Waals surface area contributed by atoms with Gasteiger partial charge in [-0.2, -0.15) is 0 Å². The molecule has 0 fully saturated rings. The number of aryl methyl sites for hydroxylation is 2. The summed E-state index contributed by atoms with van der Waals surface area (Å²) in [6.07, 6.45) is 3.24. The molecule has 2 nitrogen and oxygen atoms in total. The molecule has 0 aliphatic heterocycles. The summed E-state index contributed by atoms with van der Waals surface area (Å²) in [7, 11) is 0. The number of aromatic nitrogens is 1. The molecule has 0 unspecified atom stereocenters. The molecule has 4 aromatic rings. The van der Waals surface area contributed by atoms with E-state index in [1.807, 2.05) is 0 Å². The van der Waals surface area contributed by atoms with Gasteiger partial charge in [-0.05, 0) is 61.2 Å². The van der Waals surface area contributed by atoms with E-state index in [0.29, 0.717) is 0 Å². The van der Waals surface area contributed by atoms with Crippen molar-refractivity contribution in [2.45, 2.75) is 26.2 Å². The molecule has 0 saturated heterocycles. The van der Waals surface area contributed by atoms with Crippen molar-refractivity contribution in [2.75, 3.05) is 6.54 Å². The summed E-state index contributed by atoms with van der Waals surface area (Å²) in [5, 5.41) is 3.93. The van der Waals surface area contributed by atoms with Crippen LogP contribution in [0.25, 0.3) is 32.9 Å². The smallest absolute Gasteiger partial charge is 0.0503 e. The highest BCUT2D eigenvalue weighted by atomic mass is 14.7. The third-order valence-corrected chi connectivity index (χ3v) is 5.00. The summed E-state index contributed by atoms with van der Waals surface area (Å²) >= 11 is 0. The average molecular weight is 328 g/mol. The molecular weight excluding hydrogens is 304 g/mol. The lowest BCUT2D eigenvalue weighted by atomic mass is 9.96. The predicted octanol–water partition coefficient (Wildman–Crippen LogP) is 5.58. The fraction of sp³-hybridized carbons (Fsp3) is 0.217. The van der Waals surface area contributed by atoms with Gasteiger partial charge in [-0.1, -0.05) is 54.1 Å². The van der Waals surface area contributed by atoms with Gasteiger partial charge < -0.3 is 10.7 Å². The Morgan fingerprint density at radius 3 is 2.60 bits per heavy atom. The molecule has 4 rings (SSSR count). The second kappa shape index (κ2) is 6.73. The van der Waals surface area contributed by atoms with Crippen molar-refractivity contribution in [3.63, 3.8) is 0 Å². The molecule has 25 heavy (non-hydrogen) atoms. The van der Waals surface area contributed by atoms with E-state index in [2.05, 4.69) is 72.6 Å². The molecule has 3 N–H and O–H groups in total. The normalized spacial score (nSPS) is 11.4. The lowest BCUT2D eigenvalue weighted by molar-refractivity contribution is 0.748. The molecule has 1 heterocycles. The summed E-state index contributed by atoms with van der Waals surface area (Å²) in [4.78, 5) is 3.70. The third-order valence-electron chi connectivity index (χ3n) is 5.00. The van der Waals surface area contributed by atoms with Gasteiger partial charge >= 0.3 is 0 Å². The Morgan fingerprint density at radius 2 is 1.72 bits per heavy atom. The highest BCUT2D eigenvalue weighted by Crippen LogP contribution is 2.35. The van der Waals surface area contributed by atoms with Crippen molar-refractivity contribution in [1.29, 1.82) is 0 Å². The zero-order chi connectivity index (χ0) is 17.2. The van der Waals surface area contributed by atoms with Crippen molar-refractivity contribution in [3.8, 4) is 11.3 Å². The SMILES string of the molecule is Cc1ccc2[nH]c(-c3cccc4ccccc34)c(CCCCN)c2c1. The van der Waals surface area contributed by atoms with E-state index in [1.54, 1.807) is 0 Å². The summed E-state index contributed by atoms with van der Waals surface area (Å²) in [6.45, 7) is 2.92. The van der Waals surface area contributed by atoms with Crippen LogP contribution in [0.15, 0.2) is 60.7 Å². The maximum atomic E-state index is 5.72. The van der Waals surface area contributed by atoms with Crippen LogP contribution in [0.1, 0.15) is 24.0 Å². The topological polar surface area (TPSA) is 41.8 Å². The lowest BCUT2D eigenvalue weighted by Crippen LogP contribution is -1.99. The van der Waals surface area contributed by atoms with Crippen LogP contribution in [0.4, 0.5) is 0 Å². The lowest BCUT2D eigenvalue weighted by Gasteiger charge is -2.09. The minimum Gasteiger partial charge on any atom is -0.354 e. The van der Waals surface area contributed by atoms with Gasteiger partial charge in [-0.25, -0.2) is 0 Å². The highest BCUT2D eigenvalue weighted by molar-refractivity contribution is 6.00. The van der Waals surface area contributed by atoms with Crippen LogP contribution >= 0.6 is 0 Å². The summed E-state index contributed by atoms with van der Waals surface area (Å²) in [5.41, 5.74) is 12.2. The van der Waals surface area contributed by atoms with Crippen LogP contribution in [0.2, 0.25) is 0 Å². The van der Waals surface area contributed by atoms with E-state index >= 15 is 0 Å². The maximum absolute atomic E-state index is 5.72. The van der Waals surface area contributed by atoms with Crippen molar-refractivity contribution < 1.29 is 0 Å². The number of H-pyrrole nitrogens is 1. The van der Waals surface area contributed by atoms with Crippen LogP contribution in [-0.4, -0.2) is 11.5 Å². The molecule has 0 spiro atoms. The maximum Gasteiger partial charge on any atom is 0.0503 e. The monoisotopic (exact) mass is 328 g/mol. The Labute approximate surface area is 148 Å². The number of nitrogens with one attached hydrogen (secondary N) is 1. The second-order valence-corrected chi connectivity index (χ2v) is 6.80. The van der Waals surface area contributed by atoms with Gasteiger partial charge in [0, 0.05) is 16.5 Å². The molecule has 0 amide bonds. The van der Waals surface area contributed by atoms with Gasteiger partial charge in [-0.15, -0.1) is 0 Å². The number of hydrogen-bond donors (Lipinski definition) is 2. The summed E-state index contributed by atoms with van der Waals surface area (Å²) < 4.78 is 0. The second-order valence-electron chi connectivity index (χ2n) is 6.80. The first-order valence-electron chi connectivity index (χ1n) is 9.07. The predicted molar refractivity (Wildman–Crippen MR) is 108 cm³/mol. The van der Waals surface area contributed by atoms with Crippen molar-refractivity contribution in [1.82, 2.24) is 4.98 Å². The van der Waals surface area contributed by atoms with Gasteiger partial charge in [-0.3, -0.25) is 0 Å². The molecule has 0 aliphatic carbocycles. The molecule has 1 aromatic heterocycles. The molecule has 0 saturated carbocycles. The number of hydrogen-bond acceptors (Lipinski definition) is 1. The fourth-order valence-corrected chi connectivity index (χ4v) is 3.74. The molecule has 3 aromatic carbocycles. The third kappa shape index (κ3) is 2.94. The van der Waals surface area contributed by atoms with E-state index in [9.17, 15) is 0 Å². The first-order valence-corrected chi connectivity index (χ1v) is 9.07. The van der Waals surface area contributed by atoms with Crippen LogP contribution in [0.3, 0.4) is 0 Å². The molecule has 0 radical (unpaired) electrons. The zero-order valence-corrected chi connectivity index (χ0v) is 14.7. The minimum absolute atomic E-state index is 0.755. The van der Waals surface area contributed by atoms with Crippen molar-refractivity contribution in [2.24, 2.45) is 5.73 Å². The van der Waals surface area contributed by atoms with Gasteiger partial charge in [0.05, 0.1) is 5.69 Å².